The number of hydrogen-bond donors (Lipinski definition) is 0. The lowest BCUT2D eigenvalue weighted by atomic mass is 10.0. The first kappa shape index (κ1) is 12.8. The SMILES string of the molecule is Cc1ccc(CC(=O)c2ccc(Cl)cn2)cc1C. The zero-order valence-corrected chi connectivity index (χ0v) is 11.2. The van der Waals surface area contributed by atoms with E-state index in [9.17, 15) is 4.79 Å². The Morgan fingerprint density at radius 3 is 2.56 bits per heavy atom. The molecule has 0 aliphatic heterocycles. The Bertz CT molecular complexity index is 576. The second-order valence-electron chi connectivity index (χ2n) is 4.38. The summed E-state index contributed by atoms with van der Waals surface area (Å²) in [7, 11) is 0. The van der Waals surface area contributed by atoms with Gasteiger partial charge in [0.15, 0.2) is 5.78 Å². The van der Waals surface area contributed by atoms with E-state index in [1.54, 1.807) is 12.1 Å². The largest absolute Gasteiger partial charge is 0.292 e. The van der Waals surface area contributed by atoms with Crippen LogP contribution in [0.3, 0.4) is 0 Å². The molecule has 2 nitrogen and oxygen atoms in total. The van der Waals surface area contributed by atoms with Crippen LogP contribution in [0.4, 0.5) is 0 Å². The number of halogens is 1. The second kappa shape index (κ2) is 5.32. The predicted octanol–water partition coefficient (Wildman–Crippen LogP) is 3.78. The van der Waals surface area contributed by atoms with Crippen molar-refractivity contribution in [1.29, 1.82) is 0 Å². The van der Waals surface area contributed by atoms with Gasteiger partial charge in [0.25, 0.3) is 0 Å². The van der Waals surface area contributed by atoms with Crippen LogP contribution < -0.4 is 0 Å². The summed E-state index contributed by atoms with van der Waals surface area (Å²) in [6, 6.07) is 9.40. The lowest BCUT2D eigenvalue weighted by molar-refractivity contribution is 0.0988. The van der Waals surface area contributed by atoms with Gasteiger partial charge in [-0.15, -0.1) is 0 Å². The molecule has 2 aromatic rings. The van der Waals surface area contributed by atoms with Gasteiger partial charge in [-0.25, -0.2) is 0 Å². The van der Waals surface area contributed by atoms with Crippen LogP contribution in [0.1, 0.15) is 27.2 Å². The van der Waals surface area contributed by atoms with Gasteiger partial charge in [0.05, 0.1) is 5.02 Å². The van der Waals surface area contributed by atoms with Crippen LogP contribution in [0.25, 0.3) is 0 Å². The molecule has 18 heavy (non-hydrogen) atoms. The zero-order chi connectivity index (χ0) is 13.1. The van der Waals surface area contributed by atoms with Gasteiger partial charge >= 0.3 is 0 Å². The molecule has 2 rings (SSSR count). The van der Waals surface area contributed by atoms with Gasteiger partial charge in [-0.05, 0) is 42.7 Å². The van der Waals surface area contributed by atoms with Gasteiger partial charge in [-0.2, -0.15) is 0 Å². The highest BCUT2D eigenvalue weighted by Crippen LogP contribution is 2.13. The summed E-state index contributed by atoms with van der Waals surface area (Å²) in [4.78, 5) is 16.0. The van der Waals surface area contributed by atoms with E-state index in [1.807, 2.05) is 25.1 Å². The topological polar surface area (TPSA) is 30.0 Å². The summed E-state index contributed by atoms with van der Waals surface area (Å²) in [5.74, 6) is 0.00918. The van der Waals surface area contributed by atoms with E-state index in [0.717, 1.165) is 5.56 Å². The van der Waals surface area contributed by atoms with Crippen LogP contribution in [0.2, 0.25) is 5.02 Å². The van der Waals surface area contributed by atoms with Crippen LogP contribution in [0, 0.1) is 13.8 Å². The summed E-state index contributed by atoms with van der Waals surface area (Å²) in [5, 5.41) is 0.540. The molecule has 0 amide bonds. The van der Waals surface area contributed by atoms with E-state index in [-0.39, 0.29) is 5.78 Å². The molecular weight excluding hydrogens is 246 g/mol. The number of hydrogen-bond acceptors (Lipinski definition) is 2. The smallest absolute Gasteiger partial charge is 0.185 e. The van der Waals surface area contributed by atoms with E-state index >= 15 is 0 Å². The molecule has 0 atom stereocenters. The molecule has 0 saturated carbocycles. The molecule has 0 aliphatic rings. The third-order valence-electron chi connectivity index (χ3n) is 2.95. The fourth-order valence-electron chi connectivity index (χ4n) is 1.73. The van der Waals surface area contributed by atoms with Crippen LogP contribution in [0.5, 0.6) is 0 Å². The highest BCUT2D eigenvalue weighted by atomic mass is 35.5. The Kier molecular flexibility index (Phi) is 3.78. The number of benzene rings is 1. The first-order valence-electron chi connectivity index (χ1n) is 5.77. The number of ketones is 1. The Morgan fingerprint density at radius 1 is 1.17 bits per heavy atom. The van der Waals surface area contributed by atoms with E-state index in [0.29, 0.717) is 17.1 Å². The van der Waals surface area contributed by atoms with Crippen molar-refractivity contribution in [3.63, 3.8) is 0 Å². The van der Waals surface area contributed by atoms with Crippen molar-refractivity contribution in [2.45, 2.75) is 20.3 Å². The normalized spacial score (nSPS) is 10.4. The van der Waals surface area contributed by atoms with Gasteiger partial charge in [-0.1, -0.05) is 29.8 Å². The molecule has 0 unspecified atom stereocenters. The van der Waals surface area contributed by atoms with Gasteiger partial charge in [0.1, 0.15) is 5.69 Å². The summed E-state index contributed by atoms with van der Waals surface area (Å²) in [6.07, 6.45) is 1.87. The summed E-state index contributed by atoms with van der Waals surface area (Å²) in [6.45, 7) is 4.10. The second-order valence-corrected chi connectivity index (χ2v) is 4.82. The fraction of sp³-hybridized carbons (Fsp3) is 0.200. The predicted molar refractivity (Wildman–Crippen MR) is 73.2 cm³/mol. The van der Waals surface area contributed by atoms with E-state index in [1.165, 1.54) is 17.3 Å². The van der Waals surface area contributed by atoms with Crippen molar-refractivity contribution in [3.05, 3.63) is 63.9 Å². The number of aromatic nitrogens is 1. The minimum absolute atomic E-state index is 0.00918. The van der Waals surface area contributed by atoms with Crippen molar-refractivity contribution < 1.29 is 4.79 Å². The molecule has 0 fully saturated rings. The van der Waals surface area contributed by atoms with E-state index in [2.05, 4.69) is 11.9 Å². The number of pyridine rings is 1. The number of nitrogens with zero attached hydrogens (tertiary/aromatic N) is 1. The molecule has 0 spiro atoms. The molecule has 0 aliphatic carbocycles. The lowest BCUT2D eigenvalue weighted by Crippen LogP contribution is -2.06. The van der Waals surface area contributed by atoms with Gasteiger partial charge in [0, 0.05) is 12.6 Å². The van der Waals surface area contributed by atoms with E-state index in [4.69, 9.17) is 11.6 Å². The minimum Gasteiger partial charge on any atom is -0.292 e. The molecule has 0 saturated heterocycles. The highest BCUT2D eigenvalue weighted by Gasteiger charge is 2.08. The summed E-state index contributed by atoms with van der Waals surface area (Å²) >= 11 is 5.74. The molecule has 0 radical (unpaired) electrons. The maximum atomic E-state index is 12.0. The summed E-state index contributed by atoms with van der Waals surface area (Å²) in [5.41, 5.74) is 3.90. The highest BCUT2D eigenvalue weighted by molar-refractivity contribution is 6.30. The minimum atomic E-state index is 0.00918. The maximum absolute atomic E-state index is 12.0. The number of carbonyl (C=O) groups is 1. The summed E-state index contributed by atoms with van der Waals surface area (Å²) < 4.78 is 0. The quantitative estimate of drug-likeness (QED) is 0.786. The maximum Gasteiger partial charge on any atom is 0.185 e. The number of Topliss-reactive ketones (excluding diaryl/α,β-unsaturated/α-hetero) is 1. The van der Waals surface area contributed by atoms with Crippen LogP contribution in [0.15, 0.2) is 36.5 Å². The number of rotatable bonds is 3. The first-order chi connectivity index (χ1) is 8.56. The molecule has 1 heterocycles. The van der Waals surface area contributed by atoms with Crippen molar-refractivity contribution in [1.82, 2.24) is 4.98 Å². The molecule has 1 aromatic heterocycles. The number of carbonyl (C=O) groups excluding carboxylic acids is 1. The van der Waals surface area contributed by atoms with Crippen molar-refractivity contribution in [2.75, 3.05) is 0 Å². The average molecular weight is 260 g/mol. The fourth-order valence-corrected chi connectivity index (χ4v) is 1.84. The first-order valence-corrected chi connectivity index (χ1v) is 6.15. The molecule has 92 valence electrons. The molecule has 0 N–H and O–H groups in total. The van der Waals surface area contributed by atoms with Crippen LogP contribution in [-0.4, -0.2) is 10.8 Å². The average Bonchev–Trinajstić information content (AvgIpc) is 2.34. The van der Waals surface area contributed by atoms with Gasteiger partial charge in [0.2, 0.25) is 0 Å². The standard InChI is InChI=1S/C15H14ClNO/c1-10-3-4-12(7-11(10)2)8-15(18)14-6-5-13(16)9-17-14/h3-7,9H,8H2,1-2H3. The number of aryl methyl sites for hydroxylation is 2. The lowest BCUT2D eigenvalue weighted by Gasteiger charge is -2.04. The van der Waals surface area contributed by atoms with Gasteiger partial charge in [-0.3, -0.25) is 9.78 Å². The Labute approximate surface area is 112 Å². The monoisotopic (exact) mass is 259 g/mol. The van der Waals surface area contributed by atoms with Gasteiger partial charge < -0.3 is 0 Å². The van der Waals surface area contributed by atoms with Crippen LogP contribution >= 0.6 is 11.6 Å². The third kappa shape index (κ3) is 2.96. The Morgan fingerprint density at radius 2 is 1.94 bits per heavy atom. The Hall–Kier alpha value is -1.67. The van der Waals surface area contributed by atoms with Crippen LogP contribution in [-0.2, 0) is 6.42 Å². The molecular formula is C15H14ClNO. The van der Waals surface area contributed by atoms with E-state index < -0.39 is 0 Å². The van der Waals surface area contributed by atoms with Crippen molar-refractivity contribution in [2.24, 2.45) is 0 Å². The zero-order valence-electron chi connectivity index (χ0n) is 10.4. The molecule has 3 heteroatoms. The Balaban J connectivity index is 2.16. The molecule has 1 aromatic carbocycles. The van der Waals surface area contributed by atoms with Crippen molar-refractivity contribution in [3.8, 4) is 0 Å². The van der Waals surface area contributed by atoms with Crippen molar-refractivity contribution >= 4 is 17.4 Å². The molecule has 0 bridgehead atoms. The third-order valence-corrected chi connectivity index (χ3v) is 3.17.